The third-order valence-corrected chi connectivity index (χ3v) is 6.11. The van der Waals surface area contributed by atoms with Gasteiger partial charge in [-0.2, -0.15) is 0 Å². The fourth-order valence-corrected chi connectivity index (χ4v) is 4.90. The molecule has 0 fully saturated rings. The smallest absolute Gasteiger partial charge is 0.308 e. The minimum atomic E-state index is -0.502. The van der Waals surface area contributed by atoms with Gasteiger partial charge in [0.15, 0.2) is 23.0 Å². The van der Waals surface area contributed by atoms with Gasteiger partial charge in [-0.3, -0.25) is 19.2 Å². The molecule has 9 heteroatoms. The van der Waals surface area contributed by atoms with E-state index < -0.39 is 23.9 Å². The summed E-state index contributed by atoms with van der Waals surface area (Å²) >= 11 is 1.74. The molecule has 2 aromatic rings. The van der Waals surface area contributed by atoms with Crippen LogP contribution in [0.15, 0.2) is 47.4 Å². The Morgan fingerprint density at radius 2 is 1.17 bits per heavy atom. The van der Waals surface area contributed by atoms with E-state index in [1.807, 2.05) is 12.1 Å². The molecule has 1 atom stereocenters. The molecular formula is C26H26O8S. The summed E-state index contributed by atoms with van der Waals surface area (Å²) in [5.41, 5.74) is 1.87. The van der Waals surface area contributed by atoms with E-state index in [4.69, 9.17) is 18.9 Å². The van der Waals surface area contributed by atoms with Gasteiger partial charge in [0, 0.05) is 39.4 Å². The number of rotatable bonds is 8. The maximum Gasteiger partial charge on any atom is 0.308 e. The first-order valence-corrected chi connectivity index (χ1v) is 11.8. The monoisotopic (exact) mass is 498 g/mol. The highest BCUT2D eigenvalue weighted by Crippen LogP contribution is 2.39. The zero-order valence-corrected chi connectivity index (χ0v) is 20.7. The summed E-state index contributed by atoms with van der Waals surface area (Å²) in [5, 5.41) is 0.281. The standard InChI is InChI=1S/C26H26O8S/c1-15(27)31-23-9-5-19(13-25(23)33-17(3)29)11-21-7-8-22(35-21)12-20-6-10-24(32-16(2)28)26(14-20)34-18(4)30/h5-7,9-10,13-14,22H,8,11-12H2,1-4H3. The van der Waals surface area contributed by atoms with Crippen LogP contribution in [0, 0.1) is 0 Å². The number of esters is 4. The molecular weight excluding hydrogens is 472 g/mol. The van der Waals surface area contributed by atoms with Crippen LogP contribution in [-0.2, 0) is 32.0 Å². The number of allylic oxidation sites excluding steroid dienone is 2. The van der Waals surface area contributed by atoms with Crippen LogP contribution in [0.25, 0.3) is 0 Å². The van der Waals surface area contributed by atoms with Gasteiger partial charge in [0.25, 0.3) is 0 Å². The molecule has 184 valence electrons. The number of ether oxygens (including phenoxy) is 4. The lowest BCUT2D eigenvalue weighted by Gasteiger charge is -2.14. The van der Waals surface area contributed by atoms with E-state index in [2.05, 4.69) is 6.08 Å². The molecule has 35 heavy (non-hydrogen) atoms. The van der Waals surface area contributed by atoms with Crippen molar-refractivity contribution in [1.82, 2.24) is 0 Å². The molecule has 0 spiro atoms. The van der Waals surface area contributed by atoms with E-state index in [-0.39, 0.29) is 28.2 Å². The van der Waals surface area contributed by atoms with E-state index in [0.717, 1.165) is 24.0 Å². The van der Waals surface area contributed by atoms with Gasteiger partial charge in [-0.15, -0.1) is 11.8 Å². The highest BCUT2D eigenvalue weighted by atomic mass is 32.2. The Kier molecular flexibility index (Phi) is 8.70. The van der Waals surface area contributed by atoms with Crippen LogP contribution in [0.3, 0.4) is 0 Å². The van der Waals surface area contributed by atoms with Crippen LogP contribution in [0.4, 0.5) is 0 Å². The molecule has 1 aliphatic rings. The summed E-state index contributed by atoms with van der Waals surface area (Å²) in [7, 11) is 0. The molecule has 0 aliphatic carbocycles. The Morgan fingerprint density at radius 3 is 1.69 bits per heavy atom. The maximum atomic E-state index is 11.5. The summed E-state index contributed by atoms with van der Waals surface area (Å²) in [4.78, 5) is 46.7. The molecule has 0 saturated carbocycles. The second kappa shape index (κ2) is 11.7. The van der Waals surface area contributed by atoms with Crippen molar-refractivity contribution in [3.8, 4) is 23.0 Å². The molecule has 8 nitrogen and oxygen atoms in total. The van der Waals surface area contributed by atoms with Crippen molar-refractivity contribution >= 4 is 35.6 Å². The predicted octanol–water partition coefficient (Wildman–Crippen LogP) is 4.56. The van der Waals surface area contributed by atoms with Gasteiger partial charge in [0.05, 0.1) is 0 Å². The summed E-state index contributed by atoms with van der Waals surface area (Å²) in [6.45, 7) is 5.15. The van der Waals surface area contributed by atoms with E-state index in [1.54, 1.807) is 36.0 Å². The predicted molar refractivity (Wildman–Crippen MR) is 130 cm³/mol. The van der Waals surface area contributed by atoms with Crippen molar-refractivity contribution < 1.29 is 38.1 Å². The highest BCUT2D eigenvalue weighted by molar-refractivity contribution is 8.03. The molecule has 0 N–H and O–H groups in total. The van der Waals surface area contributed by atoms with Gasteiger partial charge in [-0.25, -0.2) is 0 Å². The van der Waals surface area contributed by atoms with Crippen molar-refractivity contribution in [1.29, 1.82) is 0 Å². The average Bonchev–Trinajstić information content (AvgIpc) is 3.17. The Bertz CT molecular complexity index is 1180. The third kappa shape index (κ3) is 7.99. The van der Waals surface area contributed by atoms with Crippen molar-refractivity contribution in [2.75, 3.05) is 0 Å². The van der Waals surface area contributed by atoms with Gasteiger partial charge >= 0.3 is 23.9 Å². The van der Waals surface area contributed by atoms with Gasteiger partial charge in [-0.1, -0.05) is 18.2 Å². The fourth-order valence-electron chi connectivity index (χ4n) is 3.57. The van der Waals surface area contributed by atoms with E-state index >= 15 is 0 Å². The molecule has 1 heterocycles. The second-order valence-electron chi connectivity index (χ2n) is 7.96. The molecule has 0 saturated heterocycles. The van der Waals surface area contributed by atoms with Gasteiger partial charge in [-0.05, 0) is 53.1 Å². The van der Waals surface area contributed by atoms with E-state index in [0.29, 0.717) is 6.42 Å². The van der Waals surface area contributed by atoms with Crippen LogP contribution in [-0.4, -0.2) is 29.1 Å². The number of thioether (sulfide) groups is 1. The van der Waals surface area contributed by atoms with Gasteiger partial charge in [0.1, 0.15) is 0 Å². The number of carbonyl (C=O) groups excluding carboxylic acids is 4. The summed E-state index contributed by atoms with van der Waals surface area (Å²) < 4.78 is 20.7. The Labute approximate surface area is 207 Å². The molecule has 0 radical (unpaired) electrons. The van der Waals surface area contributed by atoms with Gasteiger partial charge < -0.3 is 18.9 Å². The number of benzene rings is 2. The van der Waals surface area contributed by atoms with Gasteiger partial charge in [0.2, 0.25) is 0 Å². The first-order valence-electron chi connectivity index (χ1n) is 10.9. The van der Waals surface area contributed by atoms with Crippen LogP contribution < -0.4 is 18.9 Å². The number of carbonyl (C=O) groups is 4. The summed E-state index contributed by atoms with van der Waals surface area (Å²) in [5.74, 6) is -1.17. The molecule has 3 rings (SSSR count). The highest BCUT2D eigenvalue weighted by Gasteiger charge is 2.21. The quantitative estimate of drug-likeness (QED) is 0.382. The second-order valence-corrected chi connectivity index (χ2v) is 9.39. The van der Waals surface area contributed by atoms with Crippen LogP contribution in [0.1, 0.15) is 45.2 Å². The van der Waals surface area contributed by atoms with Crippen molar-refractivity contribution in [2.24, 2.45) is 0 Å². The van der Waals surface area contributed by atoms with Crippen molar-refractivity contribution in [3.63, 3.8) is 0 Å². The molecule has 1 aliphatic heterocycles. The van der Waals surface area contributed by atoms with Crippen molar-refractivity contribution in [3.05, 3.63) is 58.5 Å². The molecule has 2 aromatic carbocycles. The first-order chi connectivity index (χ1) is 16.6. The van der Waals surface area contributed by atoms with E-state index in [1.165, 1.54) is 32.6 Å². The zero-order chi connectivity index (χ0) is 25.5. The molecule has 0 bridgehead atoms. The third-order valence-electron chi connectivity index (χ3n) is 4.80. The van der Waals surface area contributed by atoms with E-state index in [9.17, 15) is 19.2 Å². The normalized spacial score (nSPS) is 14.6. The summed E-state index contributed by atoms with van der Waals surface area (Å²) in [6, 6.07) is 10.4. The zero-order valence-electron chi connectivity index (χ0n) is 19.9. The fraction of sp³-hybridized carbons (Fsp3) is 0.308. The average molecular weight is 499 g/mol. The first kappa shape index (κ1) is 26.0. The Balaban J connectivity index is 1.66. The molecule has 1 unspecified atom stereocenters. The molecule has 0 aromatic heterocycles. The van der Waals surface area contributed by atoms with Crippen LogP contribution in [0.2, 0.25) is 0 Å². The minimum absolute atomic E-state index is 0.197. The lowest BCUT2D eigenvalue weighted by atomic mass is 10.1. The SMILES string of the molecule is CC(=O)Oc1ccc(CC2=CCC(Cc3ccc(OC(C)=O)c(OC(C)=O)c3)S2)cc1OC(C)=O. The summed E-state index contributed by atoms with van der Waals surface area (Å²) in [6.07, 6.45) is 4.39. The van der Waals surface area contributed by atoms with Crippen LogP contribution in [0.5, 0.6) is 23.0 Å². The largest absolute Gasteiger partial charge is 0.423 e. The maximum absolute atomic E-state index is 11.5. The Morgan fingerprint density at radius 1 is 0.714 bits per heavy atom. The lowest BCUT2D eigenvalue weighted by molar-refractivity contribution is -0.134. The van der Waals surface area contributed by atoms with Crippen LogP contribution >= 0.6 is 11.8 Å². The topological polar surface area (TPSA) is 105 Å². The number of hydrogen-bond acceptors (Lipinski definition) is 9. The number of hydrogen-bond donors (Lipinski definition) is 0. The lowest BCUT2D eigenvalue weighted by Crippen LogP contribution is -2.09. The molecule has 0 amide bonds. The minimum Gasteiger partial charge on any atom is -0.423 e. The Hall–Kier alpha value is -3.59. The van der Waals surface area contributed by atoms with Crippen molar-refractivity contribution in [2.45, 2.75) is 52.2 Å².